The molecular weight excluding hydrogens is 262 g/mol. The van der Waals surface area contributed by atoms with Crippen molar-refractivity contribution in [3.8, 4) is 0 Å². The highest BCUT2D eigenvalue weighted by molar-refractivity contribution is 5.56. The van der Waals surface area contributed by atoms with Gasteiger partial charge in [0.1, 0.15) is 5.82 Å². The maximum atomic E-state index is 13.5. The van der Waals surface area contributed by atoms with Crippen molar-refractivity contribution in [2.75, 3.05) is 5.32 Å². The third-order valence-electron chi connectivity index (χ3n) is 2.54. The van der Waals surface area contributed by atoms with E-state index in [1.54, 1.807) is 24.7 Å². The van der Waals surface area contributed by atoms with Crippen molar-refractivity contribution in [3.63, 3.8) is 0 Å². The SMILES string of the molecule is Cc1cn(C)c(Nc2cc(C(F)(F)F)ccc2F)n1. The highest BCUT2D eigenvalue weighted by Gasteiger charge is 2.31. The van der Waals surface area contributed by atoms with Crippen LogP contribution in [0, 0.1) is 12.7 Å². The number of alkyl halides is 3. The van der Waals surface area contributed by atoms with Gasteiger partial charge in [-0.25, -0.2) is 9.37 Å². The first-order valence-corrected chi connectivity index (χ1v) is 5.41. The Morgan fingerprint density at radius 1 is 1.26 bits per heavy atom. The smallest absolute Gasteiger partial charge is 0.323 e. The molecule has 1 heterocycles. The zero-order valence-corrected chi connectivity index (χ0v) is 10.2. The minimum absolute atomic E-state index is 0.261. The molecule has 2 rings (SSSR count). The maximum absolute atomic E-state index is 13.5. The molecule has 0 saturated carbocycles. The average Bonchev–Trinajstić information content (AvgIpc) is 2.59. The molecule has 1 aromatic heterocycles. The molecule has 0 bridgehead atoms. The Labute approximate surface area is 106 Å². The monoisotopic (exact) mass is 273 g/mol. The van der Waals surface area contributed by atoms with Gasteiger partial charge in [0.15, 0.2) is 0 Å². The molecule has 0 amide bonds. The standard InChI is InChI=1S/C12H11F4N3/c1-7-6-19(2)11(17-7)18-10-5-8(12(14,15)16)3-4-9(10)13/h3-6H,1-2H3,(H,17,18). The molecule has 0 aliphatic heterocycles. The number of aromatic nitrogens is 2. The first kappa shape index (κ1) is 13.4. The van der Waals surface area contributed by atoms with Gasteiger partial charge in [0.05, 0.1) is 16.9 Å². The Morgan fingerprint density at radius 2 is 1.95 bits per heavy atom. The number of imidazole rings is 1. The zero-order chi connectivity index (χ0) is 14.2. The summed E-state index contributed by atoms with van der Waals surface area (Å²) in [4.78, 5) is 4.04. The van der Waals surface area contributed by atoms with Crippen molar-refractivity contribution in [1.82, 2.24) is 9.55 Å². The molecule has 3 nitrogen and oxygen atoms in total. The van der Waals surface area contributed by atoms with Crippen LogP contribution in [0.15, 0.2) is 24.4 Å². The highest BCUT2D eigenvalue weighted by Crippen LogP contribution is 2.32. The second-order valence-electron chi connectivity index (χ2n) is 4.13. The molecule has 7 heteroatoms. The van der Waals surface area contributed by atoms with E-state index < -0.39 is 17.6 Å². The summed E-state index contributed by atoms with van der Waals surface area (Å²) in [7, 11) is 1.66. The molecule has 0 saturated heterocycles. The number of hydrogen-bond donors (Lipinski definition) is 1. The molecule has 0 unspecified atom stereocenters. The first-order valence-electron chi connectivity index (χ1n) is 5.41. The van der Waals surface area contributed by atoms with Gasteiger partial charge in [-0.2, -0.15) is 13.2 Å². The van der Waals surface area contributed by atoms with Gasteiger partial charge in [0.2, 0.25) is 5.95 Å². The van der Waals surface area contributed by atoms with Crippen LogP contribution in [0.5, 0.6) is 0 Å². The third-order valence-corrected chi connectivity index (χ3v) is 2.54. The normalized spacial score (nSPS) is 11.7. The lowest BCUT2D eigenvalue weighted by Gasteiger charge is -2.11. The van der Waals surface area contributed by atoms with Gasteiger partial charge in [-0.15, -0.1) is 0 Å². The van der Waals surface area contributed by atoms with E-state index in [1.165, 1.54) is 0 Å². The third kappa shape index (κ3) is 2.86. The minimum Gasteiger partial charge on any atom is -0.323 e. The Hall–Kier alpha value is -2.05. The van der Waals surface area contributed by atoms with Gasteiger partial charge < -0.3 is 9.88 Å². The van der Waals surface area contributed by atoms with Crippen molar-refractivity contribution in [2.45, 2.75) is 13.1 Å². The molecule has 0 spiro atoms. The van der Waals surface area contributed by atoms with E-state index in [-0.39, 0.29) is 11.6 Å². The summed E-state index contributed by atoms with van der Waals surface area (Å²) in [5, 5.41) is 2.55. The van der Waals surface area contributed by atoms with Gasteiger partial charge in [-0.05, 0) is 25.1 Å². The van der Waals surface area contributed by atoms with E-state index in [2.05, 4.69) is 10.3 Å². The number of benzene rings is 1. The number of rotatable bonds is 2. The second-order valence-corrected chi connectivity index (χ2v) is 4.13. The van der Waals surface area contributed by atoms with Crippen molar-refractivity contribution in [2.24, 2.45) is 7.05 Å². The highest BCUT2D eigenvalue weighted by atomic mass is 19.4. The van der Waals surface area contributed by atoms with E-state index in [9.17, 15) is 17.6 Å². The Balaban J connectivity index is 2.37. The van der Waals surface area contributed by atoms with E-state index >= 15 is 0 Å². The Bertz CT molecular complexity index is 602. The summed E-state index contributed by atoms with van der Waals surface area (Å²) >= 11 is 0. The van der Waals surface area contributed by atoms with E-state index in [4.69, 9.17) is 0 Å². The van der Waals surface area contributed by atoms with Crippen LogP contribution in [0.4, 0.5) is 29.2 Å². The molecule has 0 radical (unpaired) electrons. The van der Waals surface area contributed by atoms with Crippen LogP contribution >= 0.6 is 0 Å². The molecule has 1 aromatic carbocycles. The topological polar surface area (TPSA) is 29.9 Å². The van der Waals surface area contributed by atoms with E-state index in [1.807, 2.05) is 0 Å². The number of aryl methyl sites for hydroxylation is 2. The summed E-state index contributed by atoms with van der Waals surface area (Å²) < 4.78 is 52.7. The second kappa shape index (κ2) is 4.56. The number of halogens is 4. The summed E-state index contributed by atoms with van der Waals surface area (Å²) in [6.07, 6.45) is -2.84. The van der Waals surface area contributed by atoms with Crippen molar-refractivity contribution in [3.05, 3.63) is 41.5 Å². The van der Waals surface area contributed by atoms with Crippen molar-refractivity contribution < 1.29 is 17.6 Å². The lowest BCUT2D eigenvalue weighted by molar-refractivity contribution is -0.137. The maximum Gasteiger partial charge on any atom is 0.416 e. The van der Waals surface area contributed by atoms with E-state index in [0.29, 0.717) is 11.8 Å². The summed E-state index contributed by atoms with van der Waals surface area (Å²) in [6, 6.07) is 2.20. The quantitative estimate of drug-likeness (QED) is 0.847. The minimum atomic E-state index is -4.51. The lowest BCUT2D eigenvalue weighted by Crippen LogP contribution is -2.07. The molecule has 0 aliphatic carbocycles. The van der Waals surface area contributed by atoms with Crippen LogP contribution < -0.4 is 5.32 Å². The van der Waals surface area contributed by atoms with Crippen molar-refractivity contribution >= 4 is 11.6 Å². The molecule has 0 aliphatic rings. The van der Waals surface area contributed by atoms with Crippen LogP contribution in [0.1, 0.15) is 11.3 Å². The van der Waals surface area contributed by atoms with Gasteiger partial charge >= 0.3 is 6.18 Å². The molecular formula is C12H11F4N3. The zero-order valence-electron chi connectivity index (χ0n) is 10.2. The fraction of sp³-hybridized carbons (Fsp3) is 0.250. The molecule has 1 N–H and O–H groups in total. The number of nitrogens with zero attached hydrogens (tertiary/aromatic N) is 2. The van der Waals surface area contributed by atoms with Gasteiger partial charge in [0, 0.05) is 13.2 Å². The predicted octanol–water partition coefficient (Wildman–Crippen LogP) is 3.63. The van der Waals surface area contributed by atoms with Gasteiger partial charge in [-0.1, -0.05) is 0 Å². The first-order chi connectivity index (χ1) is 8.77. The summed E-state index contributed by atoms with van der Waals surface area (Å²) in [5.41, 5.74) is -0.497. The predicted molar refractivity (Wildman–Crippen MR) is 62.6 cm³/mol. The number of nitrogens with one attached hydrogen (secondary N) is 1. The molecule has 2 aromatic rings. The number of anilines is 2. The van der Waals surface area contributed by atoms with Crippen LogP contribution in [-0.4, -0.2) is 9.55 Å². The van der Waals surface area contributed by atoms with Gasteiger partial charge in [-0.3, -0.25) is 0 Å². The van der Waals surface area contributed by atoms with Crippen LogP contribution in [0.3, 0.4) is 0 Å². The molecule has 19 heavy (non-hydrogen) atoms. The Morgan fingerprint density at radius 3 is 2.47 bits per heavy atom. The van der Waals surface area contributed by atoms with Crippen LogP contribution in [0.2, 0.25) is 0 Å². The fourth-order valence-electron chi connectivity index (χ4n) is 1.65. The molecule has 0 fully saturated rings. The molecule has 102 valence electrons. The summed E-state index contributed by atoms with van der Waals surface area (Å²) in [6.45, 7) is 1.73. The van der Waals surface area contributed by atoms with E-state index in [0.717, 1.165) is 12.1 Å². The van der Waals surface area contributed by atoms with Gasteiger partial charge in [0.25, 0.3) is 0 Å². The van der Waals surface area contributed by atoms with Crippen LogP contribution in [0.25, 0.3) is 0 Å². The largest absolute Gasteiger partial charge is 0.416 e. The fourth-order valence-corrected chi connectivity index (χ4v) is 1.65. The van der Waals surface area contributed by atoms with Crippen molar-refractivity contribution in [1.29, 1.82) is 0 Å². The Kier molecular flexibility index (Phi) is 3.21. The molecule has 0 atom stereocenters. The average molecular weight is 273 g/mol. The van der Waals surface area contributed by atoms with Crippen LogP contribution in [-0.2, 0) is 13.2 Å². The lowest BCUT2D eigenvalue weighted by atomic mass is 10.2. The summed E-state index contributed by atoms with van der Waals surface area (Å²) in [5.74, 6) is -0.496. The number of hydrogen-bond acceptors (Lipinski definition) is 2.